The summed E-state index contributed by atoms with van der Waals surface area (Å²) in [6.07, 6.45) is 0.732. The summed E-state index contributed by atoms with van der Waals surface area (Å²) in [5.41, 5.74) is 3.89. The van der Waals surface area contributed by atoms with Crippen LogP contribution < -0.4 is 9.47 Å². The lowest BCUT2D eigenvalue weighted by molar-refractivity contribution is 0.0474. The highest BCUT2D eigenvalue weighted by molar-refractivity contribution is 6.00. The number of benzene rings is 2. The lowest BCUT2D eigenvalue weighted by Crippen LogP contribution is -2.33. The molecule has 0 amide bonds. The summed E-state index contributed by atoms with van der Waals surface area (Å²) in [5.74, 6) is 0.739. The zero-order valence-electron chi connectivity index (χ0n) is 18.6. The fourth-order valence-electron chi connectivity index (χ4n) is 3.89. The largest absolute Gasteiger partial charge is 0.486 e. The lowest BCUT2D eigenvalue weighted by atomic mass is 10.1. The van der Waals surface area contributed by atoms with Crippen LogP contribution in [0.2, 0.25) is 0 Å². The second kappa shape index (κ2) is 9.30. The Balaban J connectivity index is 1.39. The minimum absolute atomic E-state index is 0.165. The number of fused-ring (bicyclic) bond motifs is 1. The maximum absolute atomic E-state index is 12.8. The Morgan fingerprint density at radius 2 is 1.78 bits per heavy atom. The van der Waals surface area contributed by atoms with Gasteiger partial charge < -0.3 is 18.8 Å². The predicted molar refractivity (Wildman–Crippen MR) is 121 cm³/mol. The number of para-hydroxylation sites is 2. The molecule has 166 valence electrons. The van der Waals surface area contributed by atoms with E-state index < -0.39 is 5.97 Å². The number of Topliss-reactive ketones (excluding diaryl/α,β-unsaturated/α-hetero) is 1. The highest BCUT2D eigenvalue weighted by Gasteiger charge is 2.24. The van der Waals surface area contributed by atoms with Crippen molar-refractivity contribution >= 4 is 11.8 Å². The Kier molecular flexibility index (Phi) is 6.30. The number of hydrogen-bond acceptors (Lipinski definition) is 5. The van der Waals surface area contributed by atoms with E-state index in [1.54, 1.807) is 12.1 Å². The fraction of sp³-hybridized carbons (Fsp3) is 0.308. The van der Waals surface area contributed by atoms with Crippen LogP contribution in [0, 0.1) is 13.8 Å². The molecule has 0 N–H and O–H groups in total. The Bertz CT molecular complexity index is 1130. The highest BCUT2D eigenvalue weighted by atomic mass is 16.6. The number of carbonyl (C=O) groups excluding carboxylic acids is 2. The topological polar surface area (TPSA) is 66.8 Å². The van der Waals surface area contributed by atoms with Gasteiger partial charge in [0.1, 0.15) is 6.61 Å². The molecule has 1 atom stereocenters. The molecule has 2 heterocycles. The number of carbonyl (C=O) groups is 2. The molecule has 1 aliphatic rings. The number of nitrogens with zero attached hydrogens (tertiary/aromatic N) is 1. The molecule has 0 saturated heterocycles. The van der Waals surface area contributed by atoms with Crippen molar-refractivity contribution in [3.8, 4) is 11.5 Å². The van der Waals surface area contributed by atoms with Crippen molar-refractivity contribution in [2.75, 3.05) is 13.2 Å². The average molecular weight is 434 g/mol. The second-order valence-electron chi connectivity index (χ2n) is 7.94. The summed E-state index contributed by atoms with van der Waals surface area (Å²) in [7, 11) is 0. The van der Waals surface area contributed by atoms with Crippen LogP contribution in [0.25, 0.3) is 0 Å². The van der Waals surface area contributed by atoms with Gasteiger partial charge in [-0.05, 0) is 56.2 Å². The molecule has 6 nitrogen and oxygen atoms in total. The predicted octanol–water partition coefficient (Wildman–Crippen LogP) is 4.55. The maximum Gasteiger partial charge on any atom is 0.338 e. The molecule has 0 aliphatic carbocycles. The van der Waals surface area contributed by atoms with Crippen molar-refractivity contribution in [2.24, 2.45) is 0 Å². The third kappa shape index (κ3) is 4.54. The SMILES string of the molecule is CCc1ccc(C(=O)OCC(=O)c2cc(C)n(CC3COc4ccccc4O3)c2C)cc1. The summed E-state index contributed by atoms with van der Waals surface area (Å²) in [6.45, 7) is 6.59. The third-order valence-corrected chi connectivity index (χ3v) is 5.76. The van der Waals surface area contributed by atoms with Crippen LogP contribution in [0.5, 0.6) is 11.5 Å². The quantitative estimate of drug-likeness (QED) is 0.404. The van der Waals surface area contributed by atoms with Crippen LogP contribution in [-0.2, 0) is 17.7 Å². The number of aromatic nitrogens is 1. The molecular weight excluding hydrogens is 406 g/mol. The Morgan fingerprint density at radius 1 is 1.06 bits per heavy atom. The van der Waals surface area contributed by atoms with E-state index in [9.17, 15) is 9.59 Å². The number of ether oxygens (including phenoxy) is 3. The summed E-state index contributed by atoms with van der Waals surface area (Å²) >= 11 is 0. The molecule has 0 radical (unpaired) electrons. The highest BCUT2D eigenvalue weighted by Crippen LogP contribution is 2.31. The Labute approximate surface area is 187 Å². The van der Waals surface area contributed by atoms with Crippen LogP contribution in [0.1, 0.15) is 44.6 Å². The zero-order valence-corrected chi connectivity index (χ0v) is 18.6. The maximum atomic E-state index is 12.8. The van der Waals surface area contributed by atoms with Gasteiger partial charge in [-0.1, -0.05) is 31.2 Å². The minimum atomic E-state index is -0.499. The first kappa shape index (κ1) is 21.7. The van der Waals surface area contributed by atoms with Crippen molar-refractivity contribution in [3.63, 3.8) is 0 Å². The first-order valence-electron chi connectivity index (χ1n) is 10.8. The number of aryl methyl sites for hydroxylation is 2. The van der Waals surface area contributed by atoms with Gasteiger partial charge in [0.15, 0.2) is 24.2 Å². The van der Waals surface area contributed by atoms with Gasteiger partial charge in [-0.3, -0.25) is 4.79 Å². The Hall–Kier alpha value is -3.54. The van der Waals surface area contributed by atoms with Crippen molar-refractivity contribution in [2.45, 2.75) is 39.8 Å². The van der Waals surface area contributed by atoms with E-state index in [2.05, 4.69) is 6.92 Å². The molecule has 32 heavy (non-hydrogen) atoms. The van der Waals surface area contributed by atoms with E-state index in [0.717, 1.165) is 34.9 Å². The summed E-state index contributed by atoms with van der Waals surface area (Å²) in [5, 5.41) is 0. The van der Waals surface area contributed by atoms with E-state index in [4.69, 9.17) is 14.2 Å². The van der Waals surface area contributed by atoms with E-state index in [1.165, 1.54) is 0 Å². The molecule has 0 spiro atoms. The van der Waals surface area contributed by atoms with Gasteiger partial charge in [-0.25, -0.2) is 4.79 Å². The van der Waals surface area contributed by atoms with E-state index in [-0.39, 0.29) is 18.5 Å². The smallest absolute Gasteiger partial charge is 0.338 e. The molecule has 2 aromatic carbocycles. The van der Waals surface area contributed by atoms with Gasteiger partial charge in [0.05, 0.1) is 12.1 Å². The summed E-state index contributed by atoms with van der Waals surface area (Å²) in [4.78, 5) is 25.1. The zero-order chi connectivity index (χ0) is 22.7. The van der Waals surface area contributed by atoms with Crippen molar-refractivity contribution in [1.29, 1.82) is 0 Å². The molecule has 0 bridgehead atoms. The van der Waals surface area contributed by atoms with Crippen molar-refractivity contribution in [3.05, 3.63) is 82.7 Å². The average Bonchev–Trinajstić information content (AvgIpc) is 3.10. The lowest BCUT2D eigenvalue weighted by Gasteiger charge is -2.27. The van der Waals surface area contributed by atoms with E-state index in [0.29, 0.717) is 24.3 Å². The standard InChI is InChI=1S/C26H27NO5/c1-4-19-9-11-20(12-10-19)26(29)31-16-23(28)22-13-17(2)27(18(22)3)14-21-15-30-24-7-5-6-8-25(24)32-21/h5-13,21H,4,14-16H2,1-3H3. The van der Waals surface area contributed by atoms with Gasteiger partial charge in [0.2, 0.25) is 5.78 Å². The number of rotatable bonds is 7. The molecule has 1 unspecified atom stereocenters. The van der Waals surface area contributed by atoms with Crippen LogP contribution in [0.15, 0.2) is 54.6 Å². The molecule has 4 rings (SSSR count). The van der Waals surface area contributed by atoms with E-state index in [1.807, 2.05) is 60.9 Å². The van der Waals surface area contributed by atoms with Crippen LogP contribution in [0.4, 0.5) is 0 Å². The molecule has 0 saturated carbocycles. The minimum Gasteiger partial charge on any atom is -0.486 e. The number of esters is 1. The van der Waals surface area contributed by atoms with Gasteiger partial charge in [0.25, 0.3) is 0 Å². The van der Waals surface area contributed by atoms with Crippen LogP contribution in [-0.4, -0.2) is 35.6 Å². The fourth-order valence-corrected chi connectivity index (χ4v) is 3.89. The second-order valence-corrected chi connectivity index (χ2v) is 7.94. The summed E-state index contributed by atoms with van der Waals surface area (Å²) < 4.78 is 19.2. The van der Waals surface area contributed by atoms with Crippen LogP contribution in [0.3, 0.4) is 0 Å². The first-order chi connectivity index (χ1) is 15.5. The molecule has 1 aromatic heterocycles. The molecule has 3 aromatic rings. The molecule has 1 aliphatic heterocycles. The normalized spacial score (nSPS) is 14.8. The number of hydrogen-bond donors (Lipinski definition) is 0. The number of ketones is 1. The van der Waals surface area contributed by atoms with E-state index >= 15 is 0 Å². The monoisotopic (exact) mass is 433 g/mol. The molecular formula is C26H27NO5. The molecule has 6 heteroatoms. The first-order valence-corrected chi connectivity index (χ1v) is 10.8. The molecule has 0 fully saturated rings. The Morgan fingerprint density at radius 3 is 2.50 bits per heavy atom. The van der Waals surface area contributed by atoms with Crippen molar-refractivity contribution < 1.29 is 23.8 Å². The van der Waals surface area contributed by atoms with Crippen molar-refractivity contribution in [1.82, 2.24) is 4.57 Å². The van der Waals surface area contributed by atoms with Gasteiger partial charge in [-0.2, -0.15) is 0 Å². The van der Waals surface area contributed by atoms with Gasteiger partial charge in [-0.15, -0.1) is 0 Å². The third-order valence-electron chi connectivity index (χ3n) is 5.76. The summed E-state index contributed by atoms with van der Waals surface area (Å²) in [6, 6.07) is 16.6. The van der Waals surface area contributed by atoms with Gasteiger partial charge in [0, 0.05) is 17.0 Å². The van der Waals surface area contributed by atoms with Crippen LogP contribution >= 0.6 is 0 Å². The van der Waals surface area contributed by atoms with Gasteiger partial charge >= 0.3 is 5.97 Å².